The van der Waals surface area contributed by atoms with Crippen molar-refractivity contribution in [2.24, 2.45) is 5.41 Å². The Balaban J connectivity index is 1.59. The Hall–Kier alpha value is -3.97. The van der Waals surface area contributed by atoms with Crippen LogP contribution in [0.5, 0.6) is 0 Å². The fourth-order valence-electron chi connectivity index (χ4n) is 4.50. The first-order valence-corrected chi connectivity index (χ1v) is 14.1. The highest BCUT2D eigenvalue weighted by atomic mass is 79.9. The molecule has 0 aliphatic heterocycles. The van der Waals surface area contributed by atoms with Crippen molar-refractivity contribution in [2.45, 2.75) is 52.6 Å². The fourth-order valence-corrected chi connectivity index (χ4v) is 5.06. The molecule has 4 aromatic rings. The van der Waals surface area contributed by atoms with Crippen LogP contribution in [-0.2, 0) is 4.79 Å². The van der Waals surface area contributed by atoms with Gasteiger partial charge in [0.15, 0.2) is 0 Å². The number of anilines is 3. The molecule has 1 amide bonds. The molecular weight excluding hydrogens is 568 g/mol. The Kier molecular flexibility index (Phi) is 7.51. The van der Waals surface area contributed by atoms with E-state index in [1.807, 2.05) is 47.3 Å². The third-order valence-corrected chi connectivity index (χ3v) is 7.56. The molecule has 5 rings (SSSR count). The van der Waals surface area contributed by atoms with Crippen LogP contribution in [0.1, 0.15) is 69.4 Å². The van der Waals surface area contributed by atoms with Crippen molar-refractivity contribution in [1.82, 2.24) is 20.0 Å². The summed E-state index contributed by atoms with van der Waals surface area (Å²) in [6, 6.07) is 14.2. The normalized spacial score (nSPS) is 14.0. The van der Waals surface area contributed by atoms with Gasteiger partial charge in [0.1, 0.15) is 11.8 Å². The number of benzene rings is 2. The van der Waals surface area contributed by atoms with E-state index in [1.54, 1.807) is 25.1 Å². The van der Waals surface area contributed by atoms with E-state index < -0.39 is 0 Å². The van der Waals surface area contributed by atoms with Gasteiger partial charge in [0.25, 0.3) is 0 Å². The first-order chi connectivity index (χ1) is 19.0. The molecule has 2 heterocycles. The average Bonchev–Trinajstić information content (AvgIpc) is 3.66. The predicted octanol–water partition coefficient (Wildman–Crippen LogP) is 6.44. The van der Waals surface area contributed by atoms with Crippen LogP contribution in [0.4, 0.5) is 17.1 Å². The van der Waals surface area contributed by atoms with Crippen LogP contribution < -0.4 is 15.5 Å². The summed E-state index contributed by atoms with van der Waals surface area (Å²) in [5, 5.41) is 26.8. The summed E-state index contributed by atoms with van der Waals surface area (Å²) in [6.45, 7) is 8.69. The third-order valence-electron chi connectivity index (χ3n) is 6.96. The lowest BCUT2D eigenvalue weighted by Crippen LogP contribution is -2.23. The number of nitriles is 1. The molecule has 206 valence electrons. The van der Waals surface area contributed by atoms with E-state index in [-0.39, 0.29) is 17.4 Å². The maximum Gasteiger partial charge on any atom is 0.223 e. The van der Waals surface area contributed by atoms with E-state index >= 15 is 0 Å². The van der Waals surface area contributed by atoms with Crippen molar-refractivity contribution in [3.8, 4) is 6.07 Å². The smallest absolute Gasteiger partial charge is 0.223 e. The second-order valence-corrected chi connectivity index (χ2v) is 12.4. The van der Waals surface area contributed by atoms with E-state index in [9.17, 15) is 10.1 Å². The van der Waals surface area contributed by atoms with Gasteiger partial charge in [-0.1, -0.05) is 38.1 Å². The van der Waals surface area contributed by atoms with Gasteiger partial charge in [-0.2, -0.15) is 5.26 Å². The van der Waals surface area contributed by atoms with Crippen molar-refractivity contribution >= 4 is 49.8 Å². The maximum atomic E-state index is 12.1. The molecule has 40 heavy (non-hydrogen) atoms. The first kappa shape index (κ1) is 27.6. The highest BCUT2D eigenvalue weighted by molar-refractivity contribution is 9.10. The van der Waals surface area contributed by atoms with Gasteiger partial charge in [-0.3, -0.25) is 9.78 Å². The van der Waals surface area contributed by atoms with Gasteiger partial charge in [-0.15, -0.1) is 5.10 Å². The summed E-state index contributed by atoms with van der Waals surface area (Å²) in [6.07, 6.45) is 5.82. The molecule has 1 saturated carbocycles. The number of pyridine rings is 1. The molecule has 0 spiro atoms. The number of amides is 1. The third kappa shape index (κ3) is 5.94. The minimum atomic E-state index is -0.338. The van der Waals surface area contributed by atoms with Gasteiger partial charge in [0, 0.05) is 47.9 Å². The Morgan fingerprint density at radius 2 is 2.05 bits per heavy atom. The SMILES string of the molecule is CC(=O)N(C)c1cccc(C(Nc2cc(Br)c3ncc(C#N)c(NCC(C)(C)C)c3c2)c2cn(C3CC3)nn2)c1. The lowest BCUT2D eigenvalue weighted by Gasteiger charge is -2.23. The number of fused-ring (bicyclic) bond motifs is 1. The van der Waals surface area contributed by atoms with Crippen LogP contribution in [0.15, 0.2) is 53.3 Å². The van der Waals surface area contributed by atoms with Gasteiger partial charge in [0.2, 0.25) is 5.91 Å². The van der Waals surface area contributed by atoms with Crippen molar-refractivity contribution < 1.29 is 4.79 Å². The van der Waals surface area contributed by atoms with Crippen molar-refractivity contribution in [1.29, 1.82) is 5.26 Å². The number of rotatable bonds is 8. The number of halogens is 1. The molecule has 1 fully saturated rings. The van der Waals surface area contributed by atoms with Crippen LogP contribution in [0.3, 0.4) is 0 Å². The highest BCUT2D eigenvalue weighted by Crippen LogP contribution is 2.38. The first-order valence-electron chi connectivity index (χ1n) is 13.3. The van der Waals surface area contributed by atoms with E-state index in [4.69, 9.17) is 0 Å². The zero-order valence-corrected chi connectivity index (χ0v) is 25.0. The van der Waals surface area contributed by atoms with Gasteiger partial charge >= 0.3 is 0 Å². The molecule has 0 saturated heterocycles. The molecule has 2 N–H and O–H groups in total. The van der Waals surface area contributed by atoms with Gasteiger partial charge in [-0.05, 0) is 64.0 Å². The molecule has 2 aromatic carbocycles. The predicted molar refractivity (Wildman–Crippen MR) is 161 cm³/mol. The molecular formula is C30H33BrN8O. The summed E-state index contributed by atoms with van der Waals surface area (Å²) in [5.74, 6) is -0.0455. The van der Waals surface area contributed by atoms with E-state index in [0.29, 0.717) is 18.2 Å². The zero-order valence-electron chi connectivity index (χ0n) is 23.4. The fraction of sp³-hybridized carbons (Fsp3) is 0.367. The summed E-state index contributed by atoms with van der Waals surface area (Å²) in [5.41, 5.74) is 5.38. The Labute approximate surface area is 242 Å². The average molecular weight is 602 g/mol. The topological polar surface area (TPSA) is 112 Å². The van der Waals surface area contributed by atoms with E-state index in [1.165, 1.54) is 0 Å². The Morgan fingerprint density at radius 3 is 2.73 bits per heavy atom. The second kappa shape index (κ2) is 10.9. The van der Waals surface area contributed by atoms with Crippen LogP contribution in [0, 0.1) is 16.7 Å². The largest absolute Gasteiger partial charge is 0.383 e. The molecule has 1 aliphatic carbocycles. The Bertz CT molecular complexity index is 1610. The summed E-state index contributed by atoms with van der Waals surface area (Å²) >= 11 is 3.71. The van der Waals surface area contributed by atoms with E-state index in [0.717, 1.165) is 56.5 Å². The minimum absolute atomic E-state index is 0.0198. The number of nitrogens with zero attached hydrogens (tertiary/aromatic N) is 6. The number of hydrogen-bond acceptors (Lipinski definition) is 7. The number of nitrogens with one attached hydrogen (secondary N) is 2. The van der Waals surface area contributed by atoms with E-state index in [2.05, 4.69) is 68.7 Å². The van der Waals surface area contributed by atoms with Crippen LogP contribution in [0.2, 0.25) is 0 Å². The van der Waals surface area contributed by atoms with Crippen LogP contribution >= 0.6 is 15.9 Å². The van der Waals surface area contributed by atoms with Crippen molar-refractivity contribution in [2.75, 3.05) is 29.1 Å². The van der Waals surface area contributed by atoms with Crippen molar-refractivity contribution in [3.63, 3.8) is 0 Å². The minimum Gasteiger partial charge on any atom is -0.383 e. The number of carbonyl (C=O) groups excluding carboxylic acids is 1. The molecule has 1 atom stereocenters. The molecule has 0 bridgehead atoms. The van der Waals surface area contributed by atoms with Crippen molar-refractivity contribution in [3.05, 3.63) is 70.1 Å². The van der Waals surface area contributed by atoms with Gasteiger partial charge < -0.3 is 15.5 Å². The second-order valence-electron chi connectivity index (χ2n) is 11.5. The number of aromatic nitrogens is 4. The summed E-state index contributed by atoms with van der Waals surface area (Å²) in [4.78, 5) is 18.3. The molecule has 1 unspecified atom stereocenters. The number of hydrogen-bond donors (Lipinski definition) is 2. The number of carbonyl (C=O) groups is 1. The zero-order chi connectivity index (χ0) is 28.6. The molecule has 10 heteroatoms. The maximum absolute atomic E-state index is 12.1. The lowest BCUT2D eigenvalue weighted by atomic mass is 9.96. The summed E-state index contributed by atoms with van der Waals surface area (Å²) < 4.78 is 2.74. The molecule has 9 nitrogen and oxygen atoms in total. The monoisotopic (exact) mass is 600 g/mol. The standard InChI is InChI=1S/C30H33BrN8O/c1-18(40)38(5)23-8-6-7-19(11-23)28(26-16-39(37-36-26)22-9-10-22)35-21-12-24-27(34-17-30(2,3)4)20(14-32)15-33-29(24)25(31)13-21/h6-8,11-13,15-16,22,28,35H,9-10,17H2,1-5H3,(H,33,34). The quantitative estimate of drug-likeness (QED) is 0.239. The van der Waals surface area contributed by atoms with Crippen LogP contribution in [-0.4, -0.2) is 39.5 Å². The van der Waals surface area contributed by atoms with Gasteiger partial charge in [0.05, 0.1) is 35.0 Å². The van der Waals surface area contributed by atoms with Crippen LogP contribution in [0.25, 0.3) is 10.9 Å². The highest BCUT2D eigenvalue weighted by Gasteiger charge is 2.27. The summed E-state index contributed by atoms with van der Waals surface area (Å²) in [7, 11) is 1.76. The molecule has 1 aliphatic rings. The molecule has 2 aromatic heterocycles. The Morgan fingerprint density at radius 1 is 1.27 bits per heavy atom. The lowest BCUT2D eigenvalue weighted by molar-refractivity contribution is -0.116. The molecule has 0 radical (unpaired) electrons. The van der Waals surface area contributed by atoms with Gasteiger partial charge in [-0.25, -0.2) is 4.68 Å².